The zero-order valence-electron chi connectivity index (χ0n) is 15.3. The van der Waals surface area contributed by atoms with Crippen LogP contribution in [0.4, 0.5) is 61.5 Å². The van der Waals surface area contributed by atoms with Crippen molar-refractivity contribution in [1.82, 2.24) is 0 Å². The Morgan fingerprint density at radius 2 is 1.03 bits per heavy atom. The van der Waals surface area contributed by atoms with E-state index in [4.69, 9.17) is 0 Å². The van der Waals surface area contributed by atoms with Crippen LogP contribution in [0.3, 0.4) is 0 Å². The summed E-state index contributed by atoms with van der Waals surface area (Å²) < 4.78 is 207. The highest BCUT2D eigenvalue weighted by Crippen LogP contribution is 2.88. The van der Waals surface area contributed by atoms with Crippen molar-refractivity contribution in [3.63, 3.8) is 0 Å². The molecule has 0 spiro atoms. The number of halogens is 14. The van der Waals surface area contributed by atoms with Gasteiger partial charge in [0.15, 0.2) is 0 Å². The lowest BCUT2D eigenvalue weighted by molar-refractivity contribution is -0.623. The van der Waals surface area contributed by atoms with Crippen LogP contribution in [0.2, 0.25) is 0 Å². The van der Waals surface area contributed by atoms with Gasteiger partial charge in [-0.1, -0.05) is 13.8 Å². The Bertz CT molecular complexity index is 770. The van der Waals surface area contributed by atoms with Crippen LogP contribution in [0.1, 0.15) is 20.3 Å². The summed E-state index contributed by atoms with van der Waals surface area (Å²) in [5.41, 5.74) is -29.6. The highest BCUT2D eigenvalue weighted by molar-refractivity contribution is 5.74. The summed E-state index contributed by atoms with van der Waals surface area (Å²) in [5, 5.41) is 9.47. The molecule has 4 aliphatic rings. The molecule has 0 amide bonds. The second-order valence-electron chi connectivity index (χ2n) is 7.89. The molecular weight excluding hydrogens is 494 g/mol. The van der Waals surface area contributed by atoms with Gasteiger partial charge in [-0.25, -0.2) is 8.78 Å². The highest BCUT2D eigenvalue weighted by Gasteiger charge is 3.23. The molecule has 4 saturated carbocycles. The van der Waals surface area contributed by atoms with E-state index >= 15 is 0 Å². The molecule has 0 aromatic heterocycles. The molecule has 1 N–H and O–H groups in total. The lowest BCUT2D eigenvalue weighted by Crippen LogP contribution is -3.10. The number of aliphatic hydroxyl groups is 1. The first-order chi connectivity index (χ1) is 13.9. The Morgan fingerprint density at radius 3 is 1.34 bits per heavy atom. The minimum atomic E-state index is -7.81. The Kier molecular flexibility index (Phi) is 4.23. The van der Waals surface area contributed by atoms with E-state index in [0.29, 0.717) is 6.92 Å². The molecule has 32 heavy (non-hydrogen) atoms. The van der Waals surface area contributed by atoms with Crippen molar-refractivity contribution in [2.75, 3.05) is 0 Å². The molecule has 4 bridgehead atoms. The zero-order valence-corrected chi connectivity index (χ0v) is 15.3. The Labute approximate surface area is 167 Å². The molecule has 3 nitrogen and oxygen atoms in total. The average molecular weight is 504 g/mol. The van der Waals surface area contributed by atoms with Gasteiger partial charge in [0.2, 0.25) is 0 Å². The van der Waals surface area contributed by atoms with Crippen molar-refractivity contribution >= 4 is 5.97 Å². The van der Waals surface area contributed by atoms with Crippen molar-refractivity contribution < 1.29 is 76.1 Å². The molecule has 3 unspecified atom stereocenters. The van der Waals surface area contributed by atoms with E-state index in [9.17, 15) is 71.4 Å². The number of esters is 1. The first kappa shape index (κ1) is 25.1. The van der Waals surface area contributed by atoms with Gasteiger partial charge >= 0.3 is 58.4 Å². The van der Waals surface area contributed by atoms with Gasteiger partial charge in [-0.3, -0.25) is 4.79 Å². The number of alkyl halides is 14. The van der Waals surface area contributed by atoms with Gasteiger partial charge in [0.25, 0.3) is 5.60 Å². The summed E-state index contributed by atoms with van der Waals surface area (Å²) in [6, 6.07) is 0. The van der Waals surface area contributed by atoms with Gasteiger partial charge in [0, 0.05) is 0 Å². The molecule has 4 rings (SSSR count). The Balaban J connectivity index is 2.63. The van der Waals surface area contributed by atoms with Crippen molar-refractivity contribution in [3.8, 4) is 0 Å². The SMILES string of the molecule is CCC(C)C(=O)OC12C(F)(F)C3(O)C(F)(F)C(F)(C(F)(F)C(F)(C3(F)F)C1(F)F)C2(F)F. The van der Waals surface area contributed by atoms with Gasteiger partial charge in [-0.2, -0.15) is 52.7 Å². The van der Waals surface area contributed by atoms with Crippen molar-refractivity contribution in [1.29, 1.82) is 0 Å². The Hall–Kier alpha value is -1.55. The number of ether oxygens (including phenoxy) is 1. The summed E-state index contributed by atoms with van der Waals surface area (Å²) in [7, 11) is 0. The van der Waals surface area contributed by atoms with Crippen LogP contribution < -0.4 is 0 Å². The fraction of sp³-hybridized carbons (Fsp3) is 0.933. The lowest BCUT2D eigenvalue weighted by atomic mass is 9.39. The smallest absolute Gasteiger partial charge is 0.344 e. The minimum absolute atomic E-state index is 0.597. The normalized spacial score (nSPS) is 46.5. The molecule has 0 radical (unpaired) electrons. The van der Waals surface area contributed by atoms with E-state index in [-0.39, 0.29) is 0 Å². The fourth-order valence-electron chi connectivity index (χ4n) is 4.45. The van der Waals surface area contributed by atoms with Gasteiger partial charge in [0.1, 0.15) is 0 Å². The third-order valence-corrected chi connectivity index (χ3v) is 6.55. The van der Waals surface area contributed by atoms with Gasteiger partial charge < -0.3 is 9.84 Å². The number of carbonyl (C=O) groups is 1. The van der Waals surface area contributed by atoms with E-state index in [2.05, 4.69) is 4.74 Å². The predicted molar refractivity (Wildman–Crippen MR) is 70.6 cm³/mol. The molecule has 4 fully saturated rings. The van der Waals surface area contributed by atoms with Crippen molar-refractivity contribution in [2.24, 2.45) is 5.92 Å². The summed E-state index contributed by atoms with van der Waals surface area (Å²) in [4.78, 5) is 11.8. The molecule has 186 valence electrons. The number of carbonyl (C=O) groups excluding carboxylic acids is 1. The van der Waals surface area contributed by atoms with Crippen LogP contribution in [0.25, 0.3) is 0 Å². The van der Waals surface area contributed by atoms with Crippen LogP contribution in [-0.4, -0.2) is 69.2 Å². The molecule has 0 saturated heterocycles. The zero-order chi connectivity index (χ0) is 25.6. The first-order valence-electron chi connectivity index (χ1n) is 8.46. The Morgan fingerprint density at radius 1 is 0.688 bits per heavy atom. The van der Waals surface area contributed by atoms with Gasteiger partial charge in [0.05, 0.1) is 5.92 Å². The van der Waals surface area contributed by atoms with E-state index in [1.807, 2.05) is 0 Å². The molecule has 0 heterocycles. The van der Waals surface area contributed by atoms with Crippen LogP contribution >= 0.6 is 0 Å². The summed E-state index contributed by atoms with van der Waals surface area (Å²) in [6.45, 7) is 1.57. The van der Waals surface area contributed by atoms with E-state index < -0.39 is 76.4 Å². The molecule has 0 aliphatic heterocycles. The van der Waals surface area contributed by atoms with Crippen LogP contribution in [0.15, 0.2) is 0 Å². The summed E-state index contributed by atoms with van der Waals surface area (Å²) in [6.07, 6.45) is -0.619. The van der Waals surface area contributed by atoms with Crippen LogP contribution in [-0.2, 0) is 9.53 Å². The van der Waals surface area contributed by atoms with E-state index in [0.717, 1.165) is 6.92 Å². The summed E-state index contributed by atoms with van der Waals surface area (Å²) in [5.74, 6) is -50.5. The monoisotopic (exact) mass is 504 g/mol. The third-order valence-electron chi connectivity index (χ3n) is 6.55. The molecular formula is C15H10F14O3. The van der Waals surface area contributed by atoms with E-state index in [1.54, 1.807) is 0 Å². The maximum atomic E-state index is 14.9. The van der Waals surface area contributed by atoms with Gasteiger partial charge in [-0.05, 0) is 6.42 Å². The molecule has 17 heteroatoms. The predicted octanol–water partition coefficient (Wildman–Crippen LogP) is 4.31. The lowest BCUT2D eigenvalue weighted by Gasteiger charge is -2.74. The third kappa shape index (κ3) is 1.55. The van der Waals surface area contributed by atoms with Gasteiger partial charge in [-0.15, -0.1) is 0 Å². The fourth-order valence-corrected chi connectivity index (χ4v) is 4.45. The van der Waals surface area contributed by atoms with E-state index in [1.165, 1.54) is 0 Å². The second kappa shape index (κ2) is 5.40. The molecule has 4 aliphatic carbocycles. The highest BCUT2D eigenvalue weighted by atomic mass is 19.3. The second-order valence-corrected chi connectivity index (χ2v) is 7.89. The number of rotatable bonds is 3. The average Bonchev–Trinajstić information content (AvgIpc) is 2.64. The largest absolute Gasteiger partial charge is 0.439 e. The topological polar surface area (TPSA) is 46.5 Å². The number of hydrogen-bond acceptors (Lipinski definition) is 3. The van der Waals surface area contributed by atoms with Crippen LogP contribution in [0.5, 0.6) is 0 Å². The summed E-state index contributed by atoms with van der Waals surface area (Å²) >= 11 is 0. The minimum Gasteiger partial charge on any atom is -0.439 e. The first-order valence-corrected chi connectivity index (χ1v) is 8.46. The maximum absolute atomic E-state index is 14.9. The molecule has 0 aromatic carbocycles. The standard InChI is InChI=1S/C15H10F14O3/c1-3-4(2)5(30)32-9-13(24,25)6(16)10(18,19)7(17,14(9,26)27)12(22,23)8(31,11(6,20)21)15(9,28)29/h4,31H,3H2,1-2H3. The van der Waals surface area contributed by atoms with Crippen molar-refractivity contribution in [2.45, 2.75) is 78.3 Å². The quantitative estimate of drug-likeness (QED) is 0.461. The maximum Gasteiger partial charge on any atom is 0.344 e. The number of hydrogen-bond donors (Lipinski definition) is 1. The van der Waals surface area contributed by atoms with Crippen molar-refractivity contribution in [3.05, 3.63) is 0 Å². The molecule has 0 aromatic rings. The van der Waals surface area contributed by atoms with Crippen LogP contribution in [0, 0.1) is 5.92 Å². The molecule has 3 atom stereocenters.